The molecule has 1 aliphatic heterocycles. The van der Waals surface area contributed by atoms with E-state index in [0.717, 1.165) is 11.5 Å². The zero-order valence-electron chi connectivity index (χ0n) is 13.2. The molecule has 3 N–H and O–H groups in total. The minimum atomic E-state index is -0.250. The number of amides is 1. The van der Waals surface area contributed by atoms with E-state index in [-0.39, 0.29) is 18.6 Å². The number of carbonyl (C=O) groups excluding carboxylic acids is 1. The molecule has 0 spiro atoms. The molecule has 0 saturated heterocycles. The van der Waals surface area contributed by atoms with Gasteiger partial charge in [-0.2, -0.15) is 0 Å². The number of hydrogen-bond donors (Lipinski definition) is 3. The van der Waals surface area contributed by atoms with E-state index in [4.69, 9.17) is 0 Å². The van der Waals surface area contributed by atoms with Gasteiger partial charge in [0.2, 0.25) is 5.91 Å². The van der Waals surface area contributed by atoms with Gasteiger partial charge in [-0.05, 0) is 24.5 Å². The lowest BCUT2D eigenvalue weighted by Crippen LogP contribution is -2.49. The summed E-state index contributed by atoms with van der Waals surface area (Å²) in [6.45, 7) is 3.27. The van der Waals surface area contributed by atoms with Gasteiger partial charge in [-0.1, -0.05) is 24.3 Å². The number of hydrogen-bond acceptors (Lipinski definition) is 4. The number of aromatic nitrogens is 2. The Morgan fingerprint density at radius 2 is 2.17 bits per heavy atom. The van der Waals surface area contributed by atoms with Crippen LogP contribution in [0.3, 0.4) is 0 Å². The van der Waals surface area contributed by atoms with Crippen molar-refractivity contribution in [3.63, 3.8) is 0 Å². The molecular weight excluding hydrogens is 292 g/mol. The summed E-state index contributed by atoms with van der Waals surface area (Å²) in [5.74, 6) is 0.835. The standard InChI is InChI=1S/C17H22N4O2/c1-12-18-10-15(20-12)11-21(6-7-22)17(23)16-8-13-4-2-3-5-14(13)9-19-16/h2-5,10,16,19,22H,6-9,11H2,1H3,(H,18,20)/t16-/m1/s1. The average molecular weight is 314 g/mol. The van der Waals surface area contributed by atoms with Crippen LogP contribution < -0.4 is 5.32 Å². The van der Waals surface area contributed by atoms with Crippen molar-refractivity contribution in [2.75, 3.05) is 13.2 Å². The fraction of sp³-hybridized carbons (Fsp3) is 0.412. The molecule has 6 heteroatoms. The maximum atomic E-state index is 12.8. The van der Waals surface area contributed by atoms with E-state index in [2.05, 4.69) is 27.4 Å². The molecule has 0 saturated carbocycles. The number of aliphatic hydroxyl groups excluding tert-OH is 1. The lowest BCUT2D eigenvalue weighted by molar-refractivity contribution is -0.134. The van der Waals surface area contributed by atoms with Crippen molar-refractivity contribution < 1.29 is 9.90 Å². The number of aliphatic hydroxyl groups is 1. The molecule has 1 aliphatic rings. The van der Waals surface area contributed by atoms with Crippen LogP contribution in [0, 0.1) is 6.92 Å². The number of H-pyrrole nitrogens is 1. The summed E-state index contributed by atoms with van der Waals surface area (Å²) >= 11 is 0. The first-order valence-electron chi connectivity index (χ1n) is 7.87. The smallest absolute Gasteiger partial charge is 0.240 e. The molecular formula is C17H22N4O2. The first-order valence-corrected chi connectivity index (χ1v) is 7.87. The molecule has 0 fully saturated rings. The third kappa shape index (κ3) is 3.60. The Morgan fingerprint density at radius 1 is 1.39 bits per heavy atom. The number of benzene rings is 1. The van der Waals surface area contributed by atoms with Crippen molar-refractivity contribution in [2.45, 2.75) is 32.5 Å². The summed E-state index contributed by atoms with van der Waals surface area (Å²) in [7, 11) is 0. The van der Waals surface area contributed by atoms with Crippen LogP contribution in [0.15, 0.2) is 30.5 Å². The number of nitrogens with zero attached hydrogens (tertiary/aromatic N) is 2. The molecule has 2 aromatic rings. The van der Waals surface area contributed by atoms with E-state index in [0.29, 0.717) is 26.1 Å². The van der Waals surface area contributed by atoms with Gasteiger partial charge in [0.05, 0.1) is 31.1 Å². The summed E-state index contributed by atoms with van der Waals surface area (Å²) in [5.41, 5.74) is 3.33. The number of rotatable bonds is 5. The lowest BCUT2D eigenvalue weighted by atomic mass is 9.95. The second-order valence-electron chi connectivity index (χ2n) is 5.88. The van der Waals surface area contributed by atoms with Gasteiger partial charge >= 0.3 is 0 Å². The predicted molar refractivity (Wildman–Crippen MR) is 86.6 cm³/mol. The molecule has 122 valence electrons. The first kappa shape index (κ1) is 15.7. The summed E-state index contributed by atoms with van der Waals surface area (Å²) < 4.78 is 0. The molecule has 0 unspecified atom stereocenters. The molecule has 23 heavy (non-hydrogen) atoms. The van der Waals surface area contributed by atoms with Crippen LogP contribution in [0.5, 0.6) is 0 Å². The predicted octanol–water partition coefficient (Wildman–Crippen LogP) is 0.754. The molecule has 0 aliphatic carbocycles. The van der Waals surface area contributed by atoms with Crippen molar-refractivity contribution in [1.82, 2.24) is 20.2 Å². The third-order valence-corrected chi connectivity index (χ3v) is 4.18. The minimum absolute atomic E-state index is 0.0146. The van der Waals surface area contributed by atoms with Crippen molar-refractivity contribution in [2.24, 2.45) is 0 Å². The van der Waals surface area contributed by atoms with Crippen LogP contribution in [0.1, 0.15) is 22.6 Å². The summed E-state index contributed by atoms with van der Waals surface area (Å²) in [6, 6.07) is 7.93. The van der Waals surface area contributed by atoms with Gasteiger partial charge in [0.15, 0.2) is 0 Å². The van der Waals surface area contributed by atoms with Crippen LogP contribution in [0.2, 0.25) is 0 Å². The summed E-state index contributed by atoms with van der Waals surface area (Å²) in [4.78, 5) is 21.8. The average Bonchev–Trinajstić information content (AvgIpc) is 2.98. The van der Waals surface area contributed by atoms with E-state index >= 15 is 0 Å². The van der Waals surface area contributed by atoms with E-state index in [1.807, 2.05) is 19.1 Å². The van der Waals surface area contributed by atoms with Crippen LogP contribution in [-0.4, -0.2) is 45.1 Å². The molecule has 0 bridgehead atoms. The molecule has 1 aromatic heterocycles. The van der Waals surface area contributed by atoms with Crippen LogP contribution in [-0.2, 0) is 24.3 Å². The highest BCUT2D eigenvalue weighted by atomic mass is 16.3. The van der Waals surface area contributed by atoms with Crippen molar-refractivity contribution in [3.8, 4) is 0 Å². The molecule has 1 amide bonds. The number of imidazole rings is 1. The van der Waals surface area contributed by atoms with E-state index in [9.17, 15) is 9.90 Å². The molecule has 1 atom stereocenters. The Bertz CT molecular complexity index is 683. The van der Waals surface area contributed by atoms with E-state index in [1.54, 1.807) is 11.1 Å². The zero-order chi connectivity index (χ0) is 16.2. The van der Waals surface area contributed by atoms with Crippen LogP contribution in [0.4, 0.5) is 0 Å². The van der Waals surface area contributed by atoms with Gasteiger partial charge in [0.1, 0.15) is 5.82 Å². The highest BCUT2D eigenvalue weighted by molar-refractivity contribution is 5.82. The van der Waals surface area contributed by atoms with Gasteiger partial charge in [0.25, 0.3) is 0 Å². The Hall–Kier alpha value is -2.18. The quantitative estimate of drug-likeness (QED) is 0.761. The molecule has 3 rings (SSSR count). The molecule has 0 radical (unpaired) electrons. The lowest BCUT2D eigenvalue weighted by Gasteiger charge is -2.30. The maximum absolute atomic E-state index is 12.8. The number of fused-ring (bicyclic) bond motifs is 1. The fourth-order valence-electron chi connectivity index (χ4n) is 2.99. The van der Waals surface area contributed by atoms with E-state index < -0.39 is 0 Å². The van der Waals surface area contributed by atoms with Gasteiger partial charge in [-0.15, -0.1) is 0 Å². The van der Waals surface area contributed by atoms with Gasteiger partial charge in [-0.25, -0.2) is 4.98 Å². The molecule has 2 heterocycles. The second kappa shape index (κ2) is 6.93. The molecule has 1 aromatic carbocycles. The van der Waals surface area contributed by atoms with Gasteiger partial charge in [0, 0.05) is 13.1 Å². The number of nitrogens with one attached hydrogen (secondary N) is 2. The first-order chi connectivity index (χ1) is 11.2. The van der Waals surface area contributed by atoms with Crippen molar-refractivity contribution in [3.05, 3.63) is 53.1 Å². The monoisotopic (exact) mass is 314 g/mol. The zero-order valence-corrected chi connectivity index (χ0v) is 13.2. The SMILES string of the molecule is Cc1ncc(CN(CCO)C(=O)[C@H]2Cc3ccccc3CN2)[nH]1. The Labute approximate surface area is 135 Å². The number of carbonyl (C=O) groups is 1. The highest BCUT2D eigenvalue weighted by Gasteiger charge is 2.28. The Balaban J connectivity index is 1.71. The van der Waals surface area contributed by atoms with Crippen LogP contribution >= 0.6 is 0 Å². The Morgan fingerprint density at radius 3 is 2.87 bits per heavy atom. The van der Waals surface area contributed by atoms with Gasteiger partial charge < -0.3 is 20.3 Å². The normalized spacial score (nSPS) is 16.9. The van der Waals surface area contributed by atoms with Crippen molar-refractivity contribution >= 4 is 5.91 Å². The van der Waals surface area contributed by atoms with Crippen LogP contribution in [0.25, 0.3) is 0 Å². The minimum Gasteiger partial charge on any atom is -0.395 e. The topological polar surface area (TPSA) is 81.2 Å². The molecule has 6 nitrogen and oxygen atoms in total. The summed E-state index contributed by atoms with van der Waals surface area (Å²) in [6.07, 6.45) is 2.41. The number of aromatic amines is 1. The Kier molecular flexibility index (Phi) is 4.73. The van der Waals surface area contributed by atoms with Gasteiger partial charge in [-0.3, -0.25) is 4.79 Å². The third-order valence-electron chi connectivity index (χ3n) is 4.18. The fourth-order valence-corrected chi connectivity index (χ4v) is 2.99. The van der Waals surface area contributed by atoms with E-state index in [1.165, 1.54) is 11.1 Å². The second-order valence-corrected chi connectivity index (χ2v) is 5.88. The maximum Gasteiger partial charge on any atom is 0.240 e. The summed E-state index contributed by atoms with van der Waals surface area (Å²) in [5, 5.41) is 12.6. The number of aryl methyl sites for hydroxylation is 1. The van der Waals surface area contributed by atoms with Crippen molar-refractivity contribution in [1.29, 1.82) is 0 Å². The highest BCUT2D eigenvalue weighted by Crippen LogP contribution is 2.18. The largest absolute Gasteiger partial charge is 0.395 e.